The smallest absolute Gasteiger partial charge is 0.159 e. The lowest BCUT2D eigenvalue weighted by Crippen LogP contribution is -2.26. The minimum Gasteiger partial charge on any atom is -0.456 e. The molecule has 3 aromatic heterocycles. The zero-order valence-corrected chi connectivity index (χ0v) is 33.8. The van der Waals surface area contributed by atoms with Crippen LogP contribution in [0.5, 0.6) is 0 Å². The summed E-state index contributed by atoms with van der Waals surface area (Å²) in [5.74, 6) is 0.724. The zero-order valence-electron chi connectivity index (χ0n) is 33.8. The quantitative estimate of drug-likeness (QED) is 0.167. The summed E-state index contributed by atoms with van der Waals surface area (Å²) >= 11 is 0. The van der Waals surface area contributed by atoms with E-state index in [4.69, 9.17) is 14.4 Å². The number of nitrogens with zero attached hydrogens (tertiary/aromatic N) is 3. The van der Waals surface area contributed by atoms with E-state index in [2.05, 4.69) is 180 Å². The highest BCUT2D eigenvalue weighted by molar-refractivity contribution is 6.33. The molecule has 0 bridgehead atoms. The van der Waals surface area contributed by atoms with Gasteiger partial charge in [0.2, 0.25) is 0 Å². The van der Waals surface area contributed by atoms with Crippen molar-refractivity contribution >= 4 is 65.4 Å². The fourth-order valence-corrected chi connectivity index (χ4v) is 11.8. The molecule has 63 heavy (non-hydrogen) atoms. The molecule has 4 nitrogen and oxygen atoms in total. The van der Waals surface area contributed by atoms with Crippen LogP contribution in [0.4, 0.5) is 0 Å². The molecular formula is C59H33N3O. The van der Waals surface area contributed by atoms with Gasteiger partial charge < -0.3 is 8.98 Å². The number of furan rings is 1. The molecule has 0 radical (unpaired) electrons. The van der Waals surface area contributed by atoms with Crippen LogP contribution in [0.2, 0.25) is 0 Å². The third-order valence-corrected chi connectivity index (χ3v) is 14.2. The molecule has 0 saturated carbocycles. The van der Waals surface area contributed by atoms with Gasteiger partial charge >= 0.3 is 0 Å². The van der Waals surface area contributed by atoms with E-state index >= 15 is 0 Å². The zero-order chi connectivity index (χ0) is 41.0. The second-order valence-corrected chi connectivity index (χ2v) is 17.2. The fourth-order valence-electron chi connectivity index (χ4n) is 11.8. The number of fused-ring (bicyclic) bond motifs is 16. The molecule has 15 rings (SSSR count). The highest BCUT2D eigenvalue weighted by Gasteiger charge is 2.52. The van der Waals surface area contributed by atoms with Crippen molar-refractivity contribution in [3.63, 3.8) is 0 Å². The van der Waals surface area contributed by atoms with Crippen molar-refractivity contribution in [2.24, 2.45) is 0 Å². The normalized spacial score (nSPS) is 13.5. The third kappa shape index (κ3) is 4.15. The van der Waals surface area contributed by atoms with E-state index < -0.39 is 5.41 Å². The largest absolute Gasteiger partial charge is 0.456 e. The number of hydrogen-bond donors (Lipinski definition) is 0. The number of para-hydroxylation sites is 1. The molecule has 0 saturated heterocycles. The van der Waals surface area contributed by atoms with Crippen molar-refractivity contribution in [2.45, 2.75) is 5.41 Å². The molecule has 10 aromatic carbocycles. The van der Waals surface area contributed by atoms with Crippen LogP contribution in [0, 0.1) is 0 Å². The Balaban J connectivity index is 1.02. The monoisotopic (exact) mass is 799 g/mol. The molecule has 0 atom stereocenters. The maximum Gasteiger partial charge on any atom is 0.159 e. The van der Waals surface area contributed by atoms with Gasteiger partial charge in [-0.2, -0.15) is 0 Å². The molecule has 0 N–H and O–H groups in total. The first kappa shape index (κ1) is 33.4. The summed E-state index contributed by atoms with van der Waals surface area (Å²) in [5.41, 5.74) is 19.2. The van der Waals surface area contributed by atoms with Crippen molar-refractivity contribution in [3.05, 3.63) is 223 Å². The van der Waals surface area contributed by atoms with Crippen LogP contribution in [-0.4, -0.2) is 14.5 Å². The molecule has 1 spiro atoms. The average molecular weight is 800 g/mol. The lowest BCUT2D eigenvalue weighted by Gasteiger charge is -2.31. The van der Waals surface area contributed by atoms with E-state index in [9.17, 15) is 0 Å². The van der Waals surface area contributed by atoms with Crippen molar-refractivity contribution in [1.29, 1.82) is 0 Å². The number of rotatable bonds is 3. The number of hydrogen-bond acceptors (Lipinski definition) is 3. The molecule has 0 amide bonds. The van der Waals surface area contributed by atoms with Gasteiger partial charge in [-0.1, -0.05) is 158 Å². The first-order valence-corrected chi connectivity index (χ1v) is 21.6. The molecular weight excluding hydrogens is 767 g/mol. The van der Waals surface area contributed by atoms with Crippen LogP contribution in [-0.2, 0) is 5.41 Å². The van der Waals surface area contributed by atoms with Gasteiger partial charge in [0.25, 0.3) is 0 Å². The van der Waals surface area contributed by atoms with Crippen LogP contribution in [0.3, 0.4) is 0 Å². The molecule has 290 valence electrons. The summed E-state index contributed by atoms with van der Waals surface area (Å²) in [6, 6.07) is 71.1. The predicted molar refractivity (Wildman–Crippen MR) is 257 cm³/mol. The topological polar surface area (TPSA) is 43.9 Å². The van der Waals surface area contributed by atoms with E-state index in [1.807, 2.05) is 24.4 Å². The molecule has 0 unspecified atom stereocenters. The van der Waals surface area contributed by atoms with Crippen molar-refractivity contribution < 1.29 is 4.42 Å². The summed E-state index contributed by atoms with van der Waals surface area (Å²) in [5, 5.41) is 8.44. The summed E-state index contributed by atoms with van der Waals surface area (Å²) < 4.78 is 8.77. The van der Waals surface area contributed by atoms with Gasteiger partial charge in [-0.15, -0.1) is 0 Å². The van der Waals surface area contributed by atoms with E-state index in [-0.39, 0.29) is 0 Å². The van der Waals surface area contributed by atoms with Crippen LogP contribution < -0.4 is 0 Å². The molecule has 2 aliphatic carbocycles. The highest BCUT2D eigenvalue weighted by Crippen LogP contribution is 2.64. The van der Waals surface area contributed by atoms with Gasteiger partial charge in [-0.05, 0) is 114 Å². The SMILES string of the molecule is c1ccc(-c2ncc3c(n2)c2ccccc2n3-c2ccc3c(c2)C2(c4ccccc4-c4ccccc42)c2cccc(-c4ccc5c(c4)c4cccc6oc7cccc5c7c64)c2-3)cc1. The minimum atomic E-state index is -0.541. The van der Waals surface area contributed by atoms with Gasteiger partial charge in [-0.25, -0.2) is 9.97 Å². The van der Waals surface area contributed by atoms with Crippen molar-refractivity contribution in [1.82, 2.24) is 14.5 Å². The van der Waals surface area contributed by atoms with Crippen molar-refractivity contribution in [2.75, 3.05) is 0 Å². The van der Waals surface area contributed by atoms with Gasteiger partial charge in [0.15, 0.2) is 5.82 Å². The van der Waals surface area contributed by atoms with E-state index in [1.54, 1.807) is 0 Å². The summed E-state index contributed by atoms with van der Waals surface area (Å²) in [4.78, 5) is 10.2. The fraction of sp³-hybridized carbons (Fsp3) is 0.0169. The molecule has 0 aliphatic heterocycles. The van der Waals surface area contributed by atoms with Crippen LogP contribution in [0.25, 0.3) is 116 Å². The van der Waals surface area contributed by atoms with Crippen LogP contribution >= 0.6 is 0 Å². The first-order valence-electron chi connectivity index (χ1n) is 21.6. The Labute approximate surface area is 361 Å². The Bertz CT molecular complexity index is 4050. The van der Waals surface area contributed by atoms with Crippen molar-refractivity contribution in [3.8, 4) is 50.5 Å². The Morgan fingerprint density at radius 1 is 0.413 bits per heavy atom. The molecule has 4 heteroatoms. The minimum absolute atomic E-state index is 0.541. The Kier molecular flexibility index (Phi) is 6.32. The summed E-state index contributed by atoms with van der Waals surface area (Å²) in [7, 11) is 0. The molecule has 13 aromatic rings. The molecule has 3 heterocycles. The number of aromatic nitrogens is 3. The van der Waals surface area contributed by atoms with Gasteiger partial charge in [-0.3, -0.25) is 0 Å². The maximum atomic E-state index is 6.41. The Morgan fingerprint density at radius 2 is 1.06 bits per heavy atom. The third-order valence-electron chi connectivity index (χ3n) is 14.2. The van der Waals surface area contributed by atoms with Gasteiger partial charge in [0.05, 0.1) is 22.6 Å². The second kappa shape index (κ2) is 11.9. The van der Waals surface area contributed by atoms with E-state index in [1.165, 1.54) is 88.0 Å². The highest BCUT2D eigenvalue weighted by atomic mass is 16.3. The predicted octanol–water partition coefficient (Wildman–Crippen LogP) is 14.9. The van der Waals surface area contributed by atoms with Gasteiger partial charge in [0.1, 0.15) is 16.7 Å². The lowest BCUT2D eigenvalue weighted by molar-refractivity contribution is 0.669. The Morgan fingerprint density at radius 3 is 1.86 bits per heavy atom. The van der Waals surface area contributed by atoms with Crippen LogP contribution in [0.1, 0.15) is 22.3 Å². The molecule has 0 fully saturated rings. The second-order valence-electron chi connectivity index (χ2n) is 17.2. The molecule has 2 aliphatic rings. The average Bonchev–Trinajstić information content (AvgIpc) is 4.07. The Hall–Kier alpha value is -8.34. The maximum absolute atomic E-state index is 6.41. The first-order chi connectivity index (χ1) is 31.3. The van der Waals surface area contributed by atoms with E-state index in [0.717, 1.165) is 50.2 Å². The summed E-state index contributed by atoms with van der Waals surface area (Å²) in [6.45, 7) is 0. The summed E-state index contributed by atoms with van der Waals surface area (Å²) in [6.07, 6.45) is 2.00. The lowest BCUT2D eigenvalue weighted by atomic mass is 9.70. The number of benzene rings is 10. The van der Waals surface area contributed by atoms with Crippen LogP contribution in [0.15, 0.2) is 205 Å². The van der Waals surface area contributed by atoms with E-state index in [0.29, 0.717) is 0 Å². The van der Waals surface area contributed by atoms with Gasteiger partial charge in [0, 0.05) is 27.4 Å². The standard InChI is InChI=1S/C59H33N3O/c1-2-13-34(14-3-1)58-60-33-51-57(61-58)44-17-6-9-24-50(44)62(51)36-28-30-43-49(32-36)59(46-21-7-4-15-39(46)40-16-5-8-22-47(40)59)48-23-10-18-37(54(43)48)35-27-29-38-41-19-11-25-52-55(41)56-42(45(38)31-35)20-12-26-53(56)63-52/h1-33H.